The first kappa shape index (κ1) is 11.1. The van der Waals surface area contributed by atoms with Gasteiger partial charge in [-0.25, -0.2) is 0 Å². The molecular formula is C12H9Cl2NO. The average molecular weight is 254 g/mol. The predicted octanol–water partition coefficient (Wildman–Crippen LogP) is 3.95. The minimum Gasteiger partial charge on any atom is -0.504 e. The molecule has 0 aromatic heterocycles. The monoisotopic (exact) mass is 253 g/mol. The van der Waals surface area contributed by atoms with Crippen LogP contribution in [0, 0.1) is 0 Å². The van der Waals surface area contributed by atoms with Gasteiger partial charge in [0, 0.05) is 16.1 Å². The van der Waals surface area contributed by atoms with Gasteiger partial charge in [0.05, 0.1) is 10.7 Å². The molecule has 0 unspecified atom stereocenters. The second kappa shape index (κ2) is 4.24. The van der Waals surface area contributed by atoms with Gasteiger partial charge in [-0.3, -0.25) is 0 Å². The number of anilines is 1. The Morgan fingerprint density at radius 2 is 1.62 bits per heavy atom. The predicted molar refractivity (Wildman–Crippen MR) is 68.0 cm³/mol. The van der Waals surface area contributed by atoms with Crippen LogP contribution >= 0.6 is 23.2 Å². The number of rotatable bonds is 1. The number of nitrogens with two attached hydrogens (primary N) is 1. The molecule has 0 aliphatic heterocycles. The van der Waals surface area contributed by atoms with E-state index in [-0.39, 0.29) is 16.5 Å². The number of nitrogen functional groups attached to an aromatic ring is 1. The number of halogens is 2. The summed E-state index contributed by atoms with van der Waals surface area (Å²) in [5, 5.41) is 10.4. The van der Waals surface area contributed by atoms with E-state index in [4.69, 9.17) is 28.9 Å². The van der Waals surface area contributed by atoms with Gasteiger partial charge >= 0.3 is 0 Å². The fourth-order valence-electron chi connectivity index (χ4n) is 1.47. The van der Waals surface area contributed by atoms with Gasteiger partial charge in [0.1, 0.15) is 0 Å². The van der Waals surface area contributed by atoms with Crippen molar-refractivity contribution in [3.05, 3.63) is 46.4 Å². The van der Waals surface area contributed by atoms with Crippen molar-refractivity contribution >= 4 is 28.9 Å². The zero-order chi connectivity index (χ0) is 11.7. The maximum absolute atomic E-state index is 9.64. The van der Waals surface area contributed by atoms with Crippen molar-refractivity contribution < 1.29 is 5.11 Å². The minimum absolute atomic E-state index is 0.112. The Kier molecular flexibility index (Phi) is 2.95. The van der Waals surface area contributed by atoms with Crippen molar-refractivity contribution in [1.29, 1.82) is 0 Å². The number of hydrogen-bond acceptors (Lipinski definition) is 2. The van der Waals surface area contributed by atoms with Crippen molar-refractivity contribution in [1.82, 2.24) is 0 Å². The van der Waals surface area contributed by atoms with Gasteiger partial charge < -0.3 is 10.8 Å². The van der Waals surface area contributed by atoms with Crippen molar-refractivity contribution in [2.24, 2.45) is 0 Å². The number of aromatic hydroxyl groups is 1. The summed E-state index contributed by atoms with van der Waals surface area (Å²) >= 11 is 12.1. The Bertz CT molecular complexity index is 541. The fourth-order valence-corrected chi connectivity index (χ4v) is 1.98. The Labute approximate surface area is 103 Å². The summed E-state index contributed by atoms with van der Waals surface area (Å²) in [5.41, 5.74) is 7.22. The molecule has 82 valence electrons. The highest BCUT2D eigenvalue weighted by atomic mass is 35.5. The lowest BCUT2D eigenvalue weighted by atomic mass is 10.0. The highest BCUT2D eigenvalue weighted by molar-refractivity contribution is 6.37. The summed E-state index contributed by atoms with van der Waals surface area (Å²) in [7, 11) is 0. The van der Waals surface area contributed by atoms with Gasteiger partial charge in [-0.15, -0.1) is 0 Å². The van der Waals surface area contributed by atoms with Crippen LogP contribution in [-0.2, 0) is 0 Å². The molecule has 0 saturated carbocycles. The molecule has 0 saturated heterocycles. The molecule has 0 spiro atoms. The fraction of sp³-hybridized carbons (Fsp3) is 0. The lowest BCUT2D eigenvalue weighted by Gasteiger charge is -2.09. The van der Waals surface area contributed by atoms with E-state index < -0.39 is 0 Å². The molecule has 2 nitrogen and oxygen atoms in total. The molecule has 0 aliphatic rings. The van der Waals surface area contributed by atoms with Crippen LogP contribution in [0.4, 0.5) is 5.69 Å². The maximum Gasteiger partial charge on any atom is 0.157 e. The third kappa shape index (κ3) is 1.82. The normalized spacial score (nSPS) is 10.4. The molecule has 2 aromatic carbocycles. The van der Waals surface area contributed by atoms with E-state index in [1.807, 2.05) is 18.2 Å². The summed E-state index contributed by atoms with van der Waals surface area (Å²) in [6.45, 7) is 0. The Balaban J connectivity index is 2.66. The summed E-state index contributed by atoms with van der Waals surface area (Å²) in [6, 6.07) is 10.6. The number of phenolic OH excluding ortho intramolecular Hbond substituents is 1. The zero-order valence-electron chi connectivity index (χ0n) is 8.24. The molecule has 0 fully saturated rings. The van der Waals surface area contributed by atoms with Crippen LogP contribution in [0.2, 0.25) is 10.0 Å². The Hall–Kier alpha value is -1.38. The molecule has 16 heavy (non-hydrogen) atoms. The van der Waals surface area contributed by atoms with Crippen molar-refractivity contribution in [2.75, 3.05) is 5.73 Å². The molecule has 2 rings (SSSR count). The van der Waals surface area contributed by atoms with E-state index in [1.165, 1.54) is 0 Å². The van der Waals surface area contributed by atoms with E-state index in [0.29, 0.717) is 10.6 Å². The van der Waals surface area contributed by atoms with Gasteiger partial charge in [-0.1, -0.05) is 47.5 Å². The van der Waals surface area contributed by atoms with E-state index in [0.717, 1.165) is 5.56 Å². The van der Waals surface area contributed by atoms with Gasteiger partial charge in [-0.2, -0.15) is 0 Å². The second-order valence-electron chi connectivity index (χ2n) is 3.34. The largest absolute Gasteiger partial charge is 0.504 e. The number of benzene rings is 2. The maximum atomic E-state index is 9.64. The van der Waals surface area contributed by atoms with Crippen LogP contribution in [0.25, 0.3) is 11.1 Å². The first-order chi connectivity index (χ1) is 7.61. The van der Waals surface area contributed by atoms with E-state index in [1.54, 1.807) is 18.2 Å². The van der Waals surface area contributed by atoms with Crippen LogP contribution in [0.5, 0.6) is 5.75 Å². The molecule has 0 aliphatic carbocycles. The third-order valence-electron chi connectivity index (χ3n) is 2.31. The molecule has 4 heteroatoms. The number of hydrogen-bond donors (Lipinski definition) is 2. The van der Waals surface area contributed by atoms with E-state index in [2.05, 4.69) is 0 Å². The quantitative estimate of drug-likeness (QED) is 0.597. The van der Waals surface area contributed by atoms with Crippen LogP contribution in [0.15, 0.2) is 36.4 Å². The summed E-state index contributed by atoms with van der Waals surface area (Å²) < 4.78 is 0. The van der Waals surface area contributed by atoms with Crippen LogP contribution < -0.4 is 5.73 Å². The smallest absolute Gasteiger partial charge is 0.157 e. The Morgan fingerprint density at radius 1 is 0.938 bits per heavy atom. The lowest BCUT2D eigenvalue weighted by Crippen LogP contribution is -1.88. The van der Waals surface area contributed by atoms with Crippen LogP contribution in [-0.4, -0.2) is 5.11 Å². The highest BCUT2D eigenvalue weighted by Gasteiger charge is 2.12. The first-order valence-electron chi connectivity index (χ1n) is 4.63. The SMILES string of the molecule is Nc1ccc(-c2ccccc2Cl)c(Cl)c1O. The van der Waals surface area contributed by atoms with E-state index in [9.17, 15) is 5.11 Å². The van der Waals surface area contributed by atoms with Gasteiger partial charge in [-0.05, 0) is 12.1 Å². The van der Waals surface area contributed by atoms with Gasteiger partial charge in [0.2, 0.25) is 0 Å². The highest BCUT2D eigenvalue weighted by Crippen LogP contribution is 2.40. The number of phenols is 1. The van der Waals surface area contributed by atoms with Crippen molar-refractivity contribution in [2.45, 2.75) is 0 Å². The Morgan fingerprint density at radius 3 is 2.31 bits per heavy atom. The molecule has 0 bridgehead atoms. The molecule has 0 heterocycles. The zero-order valence-corrected chi connectivity index (χ0v) is 9.76. The molecule has 2 aromatic rings. The van der Waals surface area contributed by atoms with Crippen molar-refractivity contribution in [3.63, 3.8) is 0 Å². The average Bonchev–Trinajstić information content (AvgIpc) is 2.28. The van der Waals surface area contributed by atoms with Gasteiger partial charge in [0.15, 0.2) is 5.75 Å². The molecule has 3 N–H and O–H groups in total. The first-order valence-corrected chi connectivity index (χ1v) is 5.38. The summed E-state index contributed by atoms with van der Waals surface area (Å²) in [6.07, 6.45) is 0. The summed E-state index contributed by atoms with van der Waals surface area (Å²) in [4.78, 5) is 0. The second-order valence-corrected chi connectivity index (χ2v) is 4.13. The third-order valence-corrected chi connectivity index (χ3v) is 3.02. The molecule has 0 amide bonds. The topological polar surface area (TPSA) is 46.2 Å². The standard InChI is InChI=1S/C12H9Cl2NO/c13-9-4-2-1-3-7(9)8-5-6-10(15)12(16)11(8)14/h1-6,16H,15H2. The van der Waals surface area contributed by atoms with Crippen LogP contribution in [0.3, 0.4) is 0 Å². The van der Waals surface area contributed by atoms with Crippen LogP contribution in [0.1, 0.15) is 0 Å². The molecule has 0 radical (unpaired) electrons. The van der Waals surface area contributed by atoms with Gasteiger partial charge in [0.25, 0.3) is 0 Å². The lowest BCUT2D eigenvalue weighted by molar-refractivity contribution is 0.478. The minimum atomic E-state index is -0.112. The molecule has 0 atom stereocenters. The molecular weight excluding hydrogens is 245 g/mol. The van der Waals surface area contributed by atoms with Crippen molar-refractivity contribution in [3.8, 4) is 16.9 Å². The van der Waals surface area contributed by atoms with E-state index >= 15 is 0 Å². The summed E-state index contributed by atoms with van der Waals surface area (Å²) in [5.74, 6) is -0.112.